The Hall–Kier alpha value is -3.99. The minimum atomic E-state index is -1.03. The van der Waals surface area contributed by atoms with Crippen LogP contribution in [0.3, 0.4) is 0 Å². The first kappa shape index (κ1) is 25.6. The molecule has 0 spiro atoms. The lowest BCUT2D eigenvalue weighted by molar-refractivity contribution is -0.384. The van der Waals surface area contributed by atoms with E-state index in [-0.39, 0.29) is 29.1 Å². The standard InChI is InChI=1S/C24H28N4O7/c1-13-17(14(2)25-19(13)24(32)35-5)21(29)18-20(15-8-6-9-16(12-15)28(33)34)27(23(31)22(18)30)11-7-10-26(3)4/h6,8-9,12,20,25,29H,7,10-11H2,1-5H3/b21-18+/t20-/m1/s1. The Bertz CT molecular complexity index is 1230. The summed E-state index contributed by atoms with van der Waals surface area (Å²) in [6, 6.07) is 4.61. The molecule has 1 fully saturated rings. The van der Waals surface area contributed by atoms with Crippen molar-refractivity contribution in [1.82, 2.24) is 14.8 Å². The molecule has 2 N–H and O–H groups in total. The number of hydrogen-bond donors (Lipinski definition) is 2. The number of Topliss-reactive ketones (excluding diaryl/α,β-unsaturated/α-hetero) is 1. The summed E-state index contributed by atoms with van der Waals surface area (Å²) in [4.78, 5) is 55.3. The van der Waals surface area contributed by atoms with Crippen molar-refractivity contribution in [3.8, 4) is 0 Å². The Morgan fingerprint density at radius 1 is 1.29 bits per heavy atom. The number of nitrogens with zero attached hydrogens (tertiary/aromatic N) is 3. The van der Waals surface area contributed by atoms with Crippen molar-refractivity contribution in [2.24, 2.45) is 0 Å². The number of nitro groups is 1. The van der Waals surface area contributed by atoms with Crippen LogP contribution in [0.4, 0.5) is 5.69 Å². The summed E-state index contributed by atoms with van der Waals surface area (Å²) in [5.74, 6) is -2.82. The maximum atomic E-state index is 13.2. The smallest absolute Gasteiger partial charge is 0.354 e. The SMILES string of the molecule is COC(=O)c1[nH]c(C)c(/C(O)=C2\C(=O)C(=O)N(CCCN(C)C)[C@@H]2c2cccc([N+](=O)[O-])c2)c1C. The van der Waals surface area contributed by atoms with E-state index in [4.69, 9.17) is 4.74 Å². The number of aliphatic hydroxyl groups is 1. The third-order valence-corrected chi connectivity index (χ3v) is 6.00. The van der Waals surface area contributed by atoms with E-state index in [1.165, 1.54) is 30.2 Å². The predicted molar refractivity (Wildman–Crippen MR) is 127 cm³/mol. The van der Waals surface area contributed by atoms with Crippen LogP contribution >= 0.6 is 0 Å². The molecule has 1 aromatic heterocycles. The molecule has 0 saturated carbocycles. The van der Waals surface area contributed by atoms with E-state index >= 15 is 0 Å². The molecule has 3 rings (SSSR count). The Morgan fingerprint density at radius 3 is 2.57 bits per heavy atom. The Balaban J connectivity index is 2.22. The van der Waals surface area contributed by atoms with Gasteiger partial charge in [0.05, 0.1) is 23.6 Å². The second-order valence-electron chi connectivity index (χ2n) is 8.62. The van der Waals surface area contributed by atoms with Crippen molar-refractivity contribution in [2.45, 2.75) is 26.3 Å². The molecule has 1 aromatic carbocycles. The van der Waals surface area contributed by atoms with Gasteiger partial charge in [0.15, 0.2) is 0 Å². The number of aromatic amines is 1. The number of aliphatic hydroxyl groups excluding tert-OH is 1. The largest absolute Gasteiger partial charge is 0.507 e. The van der Waals surface area contributed by atoms with Crippen LogP contribution in [0.5, 0.6) is 0 Å². The summed E-state index contributed by atoms with van der Waals surface area (Å²) in [5.41, 5.74) is 0.986. The molecular formula is C24H28N4O7. The zero-order valence-corrected chi connectivity index (χ0v) is 20.2. The number of esters is 1. The molecule has 0 bridgehead atoms. The number of ether oxygens (including phenoxy) is 1. The van der Waals surface area contributed by atoms with Gasteiger partial charge in [-0.3, -0.25) is 19.7 Å². The summed E-state index contributed by atoms with van der Waals surface area (Å²) < 4.78 is 4.77. The fourth-order valence-electron chi connectivity index (χ4n) is 4.37. The van der Waals surface area contributed by atoms with Crippen molar-refractivity contribution in [3.63, 3.8) is 0 Å². The van der Waals surface area contributed by atoms with Gasteiger partial charge in [-0.15, -0.1) is 0 Å². The molecular weight excluding hydrogens is 456 g/mol. The van der Waals surface area contributed by atoms with E-state index in [0.717, 1.165) is 0 Å². The maximum absolute atomic E-state index is 13.2. The summed E-state index contributed by atoms with van der Waals surface area (Å²) in [5, 5.41) is 22.7. The second-order valence-corrected chi connectivity index (χ2v) is 8.62. The monoisotopic (exact) mass is 484 g/mol. The number of ketones is 1. The number of amides is 1. The van der Waals surface area contributed by atoms with E-state index < -0.39 is 34.4 Å². The number of aryl methyl sites for hydroxylation is 1. The van der Waals surface area contributed by atoms with Gasteiger partial charge in [0.1, 0.15) is 11.5 Å². The van der Waals surface area contributed by atoms with Crippen LogP contribution < -0.4 is 0 Å². The van der Waals surface area contributed by atoms with Gasteiger partial charge in [-0.1, -0.05) is 12.1 Å². The van der Waals surface area contributed by atoms with Gasteiger partial charge in [-0.25, -0.2) is 4.79 Å². The number of hydrogen-bond acceptors (Lipinski definition) is 8. The summed E-state index contributed by atoms with van der Waals surface area (Å²) in [7, 11) is 4.98. The quantitative estimate of drug-likeness (QED) is 0.145. The molecule has 0 radical (unpaired) electrons. The summed E-state index contributed by atoms with van der Waals surface area (Å²) in [6.07, 6.45) is 0.542. The molecule has 1 aliphatic rings. The van der Waals surface area contributed by atoms with Crippen LogP contribution in [-0.4, -0.2) is 76.8 Å². The number of nitrogens with one attached hydrogen (secondary N) is 1. The van der Waals surface area contributed by atoms with Crippen molar-refractivity contribution < 1.29 is 29.2 Å². The van der Waals surface area contributed by atoms with Crippen molar-refractivity contribution in [1.29, 1.82) is 0 Å². The molecule has 0 unspecified atom stereocenters. The van der Waals surface area contributed by atoms with Crippen molar-refractivity contribution in [2.75, 3.05) is 34.3 Å². The fraction of sp³-hybridized carbons (Fsp3) is 0.375. The molecule has 186 valence electrons. The van der Waals surface area contributed by atoms with Crippen LogP contribution in [-0.2, 0) is 14.3 Å². The van der Waals surface area contributed by atoms with Crippen LogP contribution in [0.1, 0.15) is 45.3 Å². The number of likely N-dealkylation sites (tertiary alicyclic amines) is 1. The summed E-state index contributed by atoms with van der Waals surface area (Å²) >= 11 is 0. The minimum Gasteiger partial charge on any atom is -0.507 e. The highest BCUT2D eigenvalue weighted by Crippen LogP contribution is 2.41. The number of benzene rings is 1. The fourth-order valence-corrected chi connectivity index (χ4v) is 4.37. The molecule has 1 atom stereocenters. The van der Waals surface area contributed by atoms with E-state index in [9.17, 15) is 29.6 Å². The molecule has 11 heteroatoms. The van der Waals surface area contributed by atoms with Crippen molar-refractivity contribution in [3.05, 3.63) is 68.0 Å². The first-order valence-corrected chi connectivity index (χ1v) is 10.9. The predicted octanol–water partition coefficient (Wildman–Crippen LogP) is 2.70. The van der Waals surface area contributed by atoms with Crippen LogP contribution in [0, 0.1) is 24.0 Å². The van der Waals surface area contributed by atoms with Gasteiger partial charge in [0, 0.05) is 29.9 Å². The lowest BCUT2D eigenvalue weighted by Crippen LogP contribution is -2.32. The highest BCUT2D eigenvalue weighted by atomic mass is 16.6. The number of carbonyl (C=O) groups is 3. The highest BCUT2D eigenvalue weighted by molar-refractivity contribution is 6.46. The van der Waals surface area contributed by atoms with E-state index in [1.807, 2.05) is 19.0 Å². The topological polar surface area (TPSA) is 146 Å². The molecule has 11 nitrogen and oxygen atoms in total. The van der Waals surface area contributed by atoms with E-state index in [2.05, 4.69) is 4.98 Å². The first-order valence-electron chi connectivity index (χ1n) is 10.9. The Kier molecular flexibility index (Phi) is 7.39. The van der Waals surface area contributed by atoms with Crippen LogP contribution in [0.2, 0.25) is 0 Å². The zero-order chi connectivity index (χ0) is 26.0. The zero-order valence-electron chi connectivity index (χ0n) is 20.2. The molecule has 2 heterocycles. The summed E-state index contributed by atoms with van der Waals surface area (Å²) in [6.45, 7) is 4.04. The Labute approximate surface area is 202 Å². The average Bonchev–Trinajstić information content (AvgIpc) is 3.25. The Morgan fingerprint density at radius 2 is 1.97 bits per heavy atom. The van der Waals surface area contributed by atoms with Crippen molar-refractivity contribution >= 4 is 29.1 Å². The number of rotatable bonds is 8. The third kappa shape index (κ3) is 4.80. The second kappa shape index (κ2) is 10.1. The third-order valence-electron chi connectivity index (χ3n) is 6.00. The molecule has 1 amide bonds. The normalized spacial score (nSPS) is 17.3. The maximum Gasteiger partial charge on any atom is 0.354 e. The van der Waals surface area contributed by atoms with E-state index in [1.54, 1.807) is 19.9 Å². The van der Waals surface area contributed by atoms with Gasteiger partial charge in [0.2, 0.25) is 0 Å². The molecule has 2 aromatic rings. The lowest BCUT2D eigenvalue weighted by Gasteiger charge is -2.26. The van der Waals surface area contributed by atoms with Crippen LogP contribution in [0.15, 0.2) is 29.8 Å². The number of methoxy groups -OCH3 is 1. The van der Waals surface area contributed by atoms with Gasteiger partial charge >= 0.3 is 5.97 Å². The number of nitro benzene ring substituents is 1. The number of carbonyl (C=O) groups excluding carboxylic acids is 3. The molecule has 0 aliphatic carbocycles. The van der Waals surface area contributed by atoms with Gasteiger partial charge < -0.3 is 24.6 Å². The minimum absolute atomic E-state index is 0.110. The van der Waals surface area contributed by atoms with Gasteiger partial charge in [-0.05, 0) is 52.0 Å². The molecule has 35 heavy (non-hydrogen) atoms. The van der Waals surface area contributed by atoms with Crippen LogP contribution in [0.25, 0.3) is 5.76 Å². The number of aromatic nitrogens is 1. The highest BCUT2D eigenvalue weighted by Gasteiger charge is 2.46. The number of non-ortho nitro benzene ring substituents is 1. The number of H-pyrrole nitrogens is 1. The van der Waals surface area contributed by atoms with Gasteiger partial charge in [0.25, 0.3) is 17.4 Å². The lowest BCUT2D eigenvalue weighted by atomic mass is 9.93. The van der Waals surface area contributed by atoms with E-state index in [0.29, 0.717) is 29.8 Å². The molecule has 1 aliphatic heterocycles. The van der Waals surface area contributed by atoms with Gasteiger partial charge in [-0.2, -0.15) is 0 Å². The molecule has 1 saturated heterocycles. The average molecular weight is 485 g/mol. The first-order chi connectivity index (χ1) is 16.5.